The van der Waals surface area contributed by atoms with E-state index in [0.29, 0.717) is 6.10 Å². The van der Waals surface area contributed by atoms with Crippen molar-refractivity contribution in [3.63, 3.8) is 0 Å². The van der Waals surface area contributed by atoms with Gasteiger partial charge in [-0.2, -0.15) is 0 Å². The van der Waals surface area contributed by atoms with E-state index in [1.165, 1.54) is 51.7 Å². The molecule has 0 aromatic rings. The van der Waals surface area contributed by atoms with Crippen LogP contribution in [0.15, 0.2) is 0 Å². The van der Waals surface area contributed by atoms with E-state index in [1.54, 1.807) is 0 Å². The van der Waals surface area contributed by atoms with Gasteiger partial charge in [0.2, 0.25) is 0 Å². The third-order valence-electron chi connectivity index (χ3n) is 3.72. The van der Waals surface area contributed by atoms with Gasteiger partial charge in [0.25, 0.3) is 0 Å². The summed E-state index contributed by atoms with van der Waals surface area (Å²) in [7, 11) is 0. The van der Waals surface area contributed by atoms with Crippen LogP contribution in [-0.4, -0.2) is 43.1 Å². The third-order valence-corrected chi connectivity index (χ3v) is 4.15. The number of hydrogen-bond donors (Lipinski definition) is 0. The summed E-state index contributed by atoms with van der Waals surface area (Å²) in [4.78, 5) is 2.57. The lowest BCUT2D eigenvalue weighted by Gasteiger charge is -2.31. The molecule has 2 nitrogen and oxygen atoms in total. The van der Waals surface area contributed by atoms with Crippen LogP contribution in [0, 0.1) is 5.92 Å². The van der Waals surface area contributed by atoms with Gasteiger partial charge in [0.05, 0.1) is 6.10 Å². The summed E-state index contributed by atoms with van der Waals surface area (Å²) < 4.78 is 5.64. The smallest absolute Gasteiger partial charge is 0.0588 e. The molecule has 2 aliphatic rings. The highest BCUT2D eigenvalue weighted by Crippen LogP contribution is 2.20. The van der Waals surface area contributed by atoms with Crippen LogP contribution >= 0.6 is 11.6 Å². The van der Waals surface area contributed by atoms with Gasteiger partial charge in [-0.05, 0) is 51.1 Å². The minimum absolute atomic E-state index is 0.552. The molecule has 15 heavy (non-hydrogen) atoms. The van der Waals surface area contributed by atoms with Gasteiger partial charge in [-0.3, -0.25) is 0 Å². The Morgan fingerprint density at radius 2 is 2.00 bits per heavy atom. The maximum Gasteiger partial charge on any atom is 0.0588 e. The zero-order valence-electron chi connectivity index (χ0n) is 9.46. The number of likely N-dealkylation sites (tertiary alicyclic amines) is 1. The van der Waals surface area contributed by atoms with Crippen LogP contribution in [0.2, 0.25) is 0 Å². The molecule has 0 bridgehead atoms. The number of hydrogen-bond acceptors (Lipinski definition) is 2. The SMILES string of the molecule is ClCC1CCN(CCC2CCCO2)CC1. The molecule has 2 fully saturated rings. The second kappa shape index (κ2) is 6.07. The van der Waals surface area contributed by atoms with Crippen LogP contribution in [-0.2, 0) is 4.74 Å². The maximum absolute atomic E-state index is 5.87. The average molecular weight is 232 g/mol. The highest BCUT2D eigenvalue weighted by atomic mass is 35.5. The molecular weight excluding hydrogens is 210 g/mol. The molecule has 0 saturated carbocycles. The van der Waals surface area contributed by atoms with E-state index in [0.717, 1.165) is 18.4 Å². The van der Waals surface area contributed by atoms with Gasteiger partial charge in [0.1, 0.15) is 0 Å². The maximum atomic E-state index is 5.87. The Kier molecular flexibility index (Phi) is 4.73. The lowest BCUT2D eigenvalue weighted by molar-refractivity contribution is 0.0860. The standard InChI is InChI=1S/C12H22ClNO/c13-10-11-3-6-14(7-4-11)8-5-12-2-1-9-15-12/h11-12H,1-10H2. The van der Waals surface area contributed by atoms with Gasteiger partial charge in [0.15, 0.2) is 0 Å². The summed E-state index contributed by atoms with van der Waals surface area (Å²) in [6.45, 7) is 4.69. The zero-order chi connectivity index (χ0) is 10.5. The lowest BCUT2D eigenvalue weighted by atomic mass is 9.98. The molecule has 0 spiro atoms. The number of rotatable bonds is 4. The van der Waals surface area contributed by atoms with Gasteiger partial charge < -0.3 is 9.64 Å². The minimum Gasteiger partial charge on any atom is -0.378 e. The summed E-state index contributed by atoms with van der Waals surface area (Å²) in [6.07, 6.45) is 6.89. The molecule has 1 unspecified atom stereocenters. The van der Waals surface area contributed by atoms with E-state index < -0.39 is 0 Å². The first-order chi connectivity index (χ1) is 7.38. The highest BCUT2D eigenvalue weighted by molar-refractivity contribution is 6.18. The molecule has 3 heteroatoms. The fourth-order valence-corrected chi connectivity index (χ4v) is 2.87. The molecule has 1 atom stereocenters. The number of alkyl halides is 1. The predicted octanol–water partition coefficient (Wildman–Crippen LogP) is 2.51. The summed E-state index contributed by atoms with van der Waals surface area (Å²) in [5.41, 5.74) is 0. The van der Waals surface area contributed by atoms with Gasteiger partial charge >= 0.3 is 0 Å². The second-order valence-electron chi connectivity index (χ2n) is 4.86. The van der Waals surface area contributed by atoms with Crippen LogP contribution in [0.1, 0.15) is 32.1 Å². The van der Waals surface area contributed by atoms with E-state index in [4.69, 9.17) is 16.3 Å². The normalized spacial score (nSPS) is 29.8. The fourth-order valence-electron chi connectivity index (χ4n) is 2.56. The molecule has 0 radical (unpaired) electrons. The van der Waals surface area contributed by atoms with Crippen LogP contribution in [0.5, 0.6) is 0 Å². The number of halogens is 1. The van der Waals surface area contributed by atoms with Gasteiger partial charge in [-0.25, -0.2) is 0 Å². The molecule has 0 amide bonds. The van der Waals surface area contributed by atoms with Crippen molar-refractivity contribution in [3.05, 3.63) is 0 Å². The predicted molar refractivity (Wildman–Crippen MR) is 63.5 cm³/mol. The van der Waals surface area contributed by atoms with Crippen molar-refractivity contribution in [2.24, 2.45) is 5.92 Å². The van der Waals surface area contributed by atoms with Crippen molar-refractivity contribution in [3.8, 4) is 0 Å². The molecule has 2 rings (SSSR count). The Hall–Kier alpha value is 0.210. The van der Waals surface area contributed by atoms with E-state index in [2.05, 4.69) is 4.90 Å². The van der Waals surface area contributed by atoms with Crippen LogP contribution in [0.4, 0.5) is 0 Å². The molecule has 0 N–H and O–H groups in total. The minimum atomic E-state index is 0.552. The molecule has 2 aliphatic heterocycles. The summed E-state index contributed by atoms with van der Waals surface area (Å²) in [5.74, 6) is 1.62. The monoisotopic (exact) mass is 231 g/mol. The van der Waals surface area contributed by atoms with Gasteiger partial charge in [0, 0.05) is 19.0 Å². The largest absolute Gasteiger partial charge is 0.378 e. The van der Waals surface area contributed by atoms with Gasteiger partial charge in [-0.15, -0.1) is 11.6 Å². The fraction of sp³-hybridized carbons (Fsp3) is 1.00. The first-order valence-corrected chi connectivity index (χ1v) is 6.82. The quantitative estimate of drug-likeness (QED) is 0.690. The Bertz CT molecular complexity index is 174. The summed E-state index contributed by atoms with van der Waals surface area (Å²) in [6, 6.07) is 0. The van der Waals surface area contributed by atoms with Crippen molar-refractivity contribution in [1.82, 2.24) is 4.90 Å². The summed E-state index contributed by atoms with van der Waals surface area (Å²) in [5, 5.41) is 0. The third kappa shape index (κ3) is 3.61. The van der Waals surface area contributed by atoms with Crippen molar-refractivity contribution < 1.29 is 4.74 Å². The highest BCUT2D eigenvalue weighted by Gasteiger charge is 2.20. The van der Waals surface area contributed by atoms with E-state index in [1.807, 2.05) is 0 Å². The number of ether oxygens (including phenoxy) is 1. The summed E-state index contributed by atoms with van der Waals surface area (Å²) >= 11 is 5.87. The molecule has 2 saturated heterocycles. The molecule has 2 heterocycles. The van der Waals surface area contributed by atoms with E-state index in [9.17, 15) is 0 Å². The molecule has 88 valence electrons. The molecule has 0 aliphatic carbocycles. The lowest BCUT2D eigenvalue weighted by Crippen LogP contribution is -2.36. The Balaban J connectivity index is 1.59. The van der Waals surface area contributed by atoms with Crippen molar-refractivity contribution in [1.29, 1.82) is 0 Å². The zero-order valence-corrected chi connectivity index (χ0v) is 10.2. The Labute approximate surface area is 97.9 Å². The topological polar surface area (TPSA) is 12.5 Å². The molecule has 0 aromatic heterocycles. The van der Waals surface area contributed by atoms with E-state index in [-0.39, 0.29) is 0 Å². The Morgan fingerprint density at radius 1 is 1.20 bits per heavy atom. The second-order valence-corrected chi connectivity index (χ2v) is 5.17. The molecular formula is C12H22ClNO. The molecule has 0 aromatic carbocycles. The van der Waals surface area contributed by atoms with E-state index >= 15 is 0 Å². The first-order valence-electron chi connectivity index (χ1n) is 6.28. The van der Waals surface area contributed by atoms with Crippen LogP contribution < -0.4 is 0 Å². The number of piperidine rings is 1. The first kappa shape index (κ1) is 11.7. The van der Waals surface area contributed by atoms with Crippen LogP contribution in [0.3, 0.4) is 0 Å². The Morgan fingerprint density at radius 3 is 2.60 bits per heavy atom. The average Bonchev–Trinajstić information content (AvgIpc) is 2.80. The van der Waals surface area contributed by atoms with Gasteiger partial charge in [-0.1, -0.05) is 0 Å². The van der Waals surface area contributed by atoms with Crippen molar-refractivity contribution in [2.45, 2.75) is 38.2 Å². The number of nitrogens with zero attached hydrogens (tertiary/aromatic N) is 1. The van der Waals surface area contributed by atoms with Crippen LogP contribution in [0.25, 0.3) is 0 Å². The van der Waals surface area contributed by atoms with Crippen molar-refractivity contribution >= 4 is 11.6 Å². The van der Waals surface area contributed by atoms with Crippen molar-refractivity contribution in [2.75, 3.05) is 32.1 Å².